The molecule has 0 aromatic heterocycles. The molecule has 88 valence electrons. The Hall–Kier alpha value is -1.32. The van der Waals surface area contributed by atoms with Crippen molar-refractivity contribution in [3.8, 4) is 6.07 Å². The second-order valence-electron chi connectivity index (χ2n) is 3.90. The van der Waals surface area contributed by atoms with Gasteiger partial charge >= 0.3 is 6.09 Å². The molecule has 0 radical (unpaired) electrons. The molecule has 2 saturated heterocycles. The highest BCUT2D eigenvalue weighted by atomic mass is 16.6. The Morgan fingerprint density at radius 2 is 2.12 bits per heavy atom. The summed E-state index contributed by atoms with van der Waals surface area (Å²) < 4.78 is 10.1. The van der Waals surface area contributed by atoms with Gasteiger partial charge in [0.05, 0.1) is 19.8 Å². The van der Waals surface area contributed by atoms with Gasteiger partial charge in [0.2, 0.25) is 6.10 Å². The molecule has 2 aliphatic rings. The van der Waals surface area contributed by atoms with Gasteiger partial charge in [0, 0.05) is 26.2 Å². The van der Waals surface area contributed by atoms with E-state index >= 15 is 0 Å². The van der Waals surface area contributed by atoms with E-state index in [0.29, 0.717) is 13.1 Å². The molecule has 0 bridgehead atoms. The minimum absolute atomic E-state index is 0.375. The molecule has 0 aromatic carbocycles. The van der Waals surface area contributed by atoms with Crippen molar-refractivity contribution in [2.24, 2.45) is 0 Å². The van der Waals surface area contributed by atoms with Crippen LogP contribution in [-0.2, 0) is 9.47 Å². The van der Waals surface area contributed by atoms with Crippen molar-refractivity contribution >= 4 is 6.09 Å². The van der Waals surface area contributed by atoms with Gasteiger partial charge < -0.3 is 14.4 Å². The van der Waals surface area contributed by atoms with Crippen LogP contribution >= 0.6 is 0 Å². The molecule has 2 fully saturated rings. The van der Waals surface area contributed by atoms with E-state index in [1.807, 2.05) is 6.07 Å². The molecule has 2 rings (SSSR count). The monoisotopic (exact) mass is 225 g/mol. The van der Waals surface area contributed by atoms with Crippen LogP contribution in [0.15, 0.2) is 0 Å². The van der Waals surface area contributed by atoms with Gasteiger partial charge in [0.25, 0.3) is 0 Å². The molecule has 1 amide bonds. The Morgan fingerprint density at radius 3 is 2.75 bits per heavy atom. The number of hydrogen-bond donors (Lipinski definition) is 0. The summed E-state index contributed by atoms with van der Waals surface area (Å²) in [7, 11) is 0. The maximum absolute atomic E-state index is 11.3. The number of cyclic esters (lactones) is 1. The first-order valence-electron chi connectivity index (χ1n) is 5.45. The van der Waals surface area contributed by atoms with Crippen molar-refractivity contribution in [2.45, 2.75) is 6.10 Å². The summed E-state index contributed by atoms with van der Waals surface area (Å²) in [4.78, 5) is 15.2. The van der Waals surface area contributed by atoms with Crippen molar-refractivity contribution in [1.82, 2.24) is 9.80 Å². The van der Waals surface area contributed by atoms with Gasteiger partial charge in [0.1, 0.15) is 6.07 Å². The van der Waals surface area contributed by atoms with Crippen LogP contribution in [0.3, 0.4) is 0 Å². The van der Waals surface area contributed by atoms with Gasteiger partial charge in [0.15, 0.2) is 0 Å². The van der Waals surface area contributed by atoms with Crippen molar-refractivity contribution in [2.75, 3.05) is 45.9 Å². The molecule has 0 aromatic rings. The Kier molecular flexibility index (Phi) is 3.59. The van der Waals surface area contributed by atoms with Gasteiger partial charge in [-0.25, -0.2) is 4.79 Å². The summed E-state index contributed by atoms with van der Waals surface area (Å²) in [5.41, 5.74) is 0. The topological polar surface area (TPSA) is 65.8 Å². The SMILES string of the molecule is N#CC1CN(CCN2CCOCC2)C(=O)O1. The number of nitriles is 1. The number of amides is 1. The van der Waals surface area contributed by atoms with E-state index in [0.717, 1.165) is 32.8 Å². The summed E-state index contributed by atoms with van der Waals surface area (Å²) in [5, 5.41) is 8.64. The van der Waals surface area contributed by atoms with E-state index in [4.69, 9.17) is 14.7 Å². The summed E-state index contributed by atoms with van der Waals surface area (Å²) in [5.74, 6) is 0. The Bertz CT molecular complexity index is 296. The quantitative estimate of drug-likeness (QED) is 0.657. The zero-order valence-corrected chi connectivity index (χ0v) is 9.09. The summed E-state index contributed by atoms with van der Waals surface area (Å²) in [6.07, 6.45) is -0.975. The molecule has 0 spiro atoms. The fraction of sp³-hybridized carbons (Fsp3) is 0.800. The highest BCUT2D eigenvalue weighted by Crippen LogP contribution is 2.10. The summed E-state index contributed by atoms with van der Waals surface area (Å²) in [6, 6.07) is 1.94. The van der Waals surface area contributed by atoms with Crippen molar-refractivity contribution in [1.29, 1.82) is 5.26 Å². The van der Waals surface area contributed by atoms with E-state index in [2.05, 4.69) is 4.90 Å². The number of morpholine rings is 1. The van der Waals surface area contributed by atoms with E-state index in [-0.39, 0.29) is 6.09 Å². The molecular formula is C10H15N3O3. The van der Waals surface area contributed by atoms with E-state index in [1.165, 1.54) is 0 Å². The van der Waals surface area contributed by atoms with Crippen molar-refractivity contribution in [3.05, 3.63) is 0 Å². The molecule has 2 aliphatic heterocycles. The normalized spacial score (nSPS) is 26.6. The third-order valence-electron chi connectivity index (χ3n) is 2.82. The van der Waals surface area contributed by atoms with Crippen LogP contribution in [0.4, 0.5) is 4.79 Å². The molecule has 0 aliphatic carbocycles. The lowest BCUT2D eigenvalue weighted by Gasteiger charge is -2.27. The van der Waals surface area contributed by atoms with Crippen molar-refractivity contribution < 1.29 is 14.3 Å². The largest absolute Gasteiger partial charge is 0.429 e. The first-order chi connectivity index (χ1) is 7.79. The summed E-state index contributed by atoms with van der Waals surface area (Å²) >= 11 is 0. The molecule has 1 atom stereocenters. The van der Waals surface area contributed by atoms with Crippen molar-refractivity contribution in [3.63, 3.8) is 0 Å². The lowest BCUT2D eigenvalue weighted by Crippen LogP contribution is -2.41. The molecular weight excluding hydrogens is 210 g/mol. The Balaban J connectivity index is 1.73. The number of carbonyl (C=O) groups is 1. The number of carbonyl (C=O) groups excluding carboxylic acids is 1. The molecule has 0 saturated carbocycles. The number of nitrogens with zero attached hydrogens (tertiary/aromatic N) is 3. The zero-order chi connectivity index (χ0) is 11.4. The van der Waals surface area contributed by atoms with Crippen LogP contribution in [-0.4, -0.2) is 67.9 Å². The maximum atomic E-state index is 11.3. The van der Waals surface area contributed by atoms with E-state index in [1.54, 1.807) is 4.90 Å². The number of ether oxygens (including phenoxy) is 2. The third kappa shape index (κ3) is 2.62. The third-order valence-corrected chi connectivity index (χ3v) is 2.82. The van der Waals surface area contributed by atoms with Gasteiger partial charge in [-0.2, -0.15) is 5.26 Å². The first kappa shape index (κ1) is 11.2. The van der Waals surface area contributed by atoms with Crippen LogP contribution in [0, 0.1) is 11.3 Å². The molecule has 16 heavy (non-hydrogen) atoms. The second-order valence-corrected chi connectivity index (χ2v) is 3.90. The molecule has 2 heterocycles. The van der Waals surface area contributed by atoms with Crippen LogP contribution in [0.5, 0.6) is 0 Å². The molecule has 0 N–H and O–H groups in total. The number of hydrogen-bond acceptors (Lipinski definition) is 5. The lowest BCUT2D eigenvalue weighted by molar-refractivity contribution is 0.0353. The highest BCUT2D eigenvalue weighted by molar-refractivity contribution is 5.70. The predicted octanol–water partition coefficient (Wildman–Crippen LogP) is -0.337. The Morgan fingerprint density at radius 1 is 1.38 bits per heavy atom. The molecule has 1 unspecified atom stereocenters. The van der Waals surface area contributed by atoms with Gasteiger partial charge in [-0.05, 0) is 0 Å². The minimum Gasteiger partial charge on any atom is -0.429 e. The fourth-order valence-corrected chi connectivity index (χ4v) is 1.84. The van der Waals surface area contributed by atoms with Crippen LogP contribution in [0.25, 0.3) is 0 Å². The standard InChI is InChI=1S/C10H15N3O3/c11-7-9-8-13(10(14)16-9)2-1-12-3-5-15-6-4-12/h9H,1-6,8H2. The fourth-order valence-electron chi connectivity index (χ4n) is 1.84. The minimum atomic E-state index is -0.600. The highest BCUT2D eigenvalue weighted by Gasteiger charge is 2.30. The van der Waals surface area contributed by atoms with Crippen LogP contribution in [0.1, 0.15) is 0 Å². The summed E-state index contributed by atoms with van der Waals surface area (Å²) in [6.45, 7) is 5.15. The van der Waals surface area contributed by atoms with E-state index in [9.17, 15) is 4.79 Å². The average Bonchev–Trinajstić information content (AvgIpc) is 2.69. The van der Waals surface area contributed by atoms with Gasteiger partial charge in [-0.3, -0.25) is 4.90 Å². The molecule has 6 heteroatoms. The van der Waals surface area contributed by atoms with Gasteiger partial charge in [-0.15, -0.1) is 0 Å². The van der Waals surface area contributed by atoms with Crippen LogP contribution in [0.2, 0.25) is 0 Å². The maximum Gasteiger partial charge on any atom is 0.411 e. The second kappa shape index (κ2) is 5.14. The Labute approximate surface area is 94.3 Å². The zero-order valence-electron chi connectivity index (χ0n) is 9.09. The lowest BCUT2D eigenvalue weighted by atomic mass is 10.3. The van der Waals surface area contributed by atoms with Crippen LogP contribution < -0.4 is 0 Å². The first-order valence-corrected chi connectivity index (χ1v) is 5.45. The predicted molar refractivity (Wildman–Crippen MR) is 54.7 cm³/mol. The smallest absolute Gasteiger partial charge is 0.411 e. The molecule has 6 nitrogen and oxygen atoms in total. The van der Waals surface area contributed by atoms with E-state index < -0.39 is 6.10 Å². The van der Waals surface area contributed by atoms with Gasteiger partial charge in [-0.1, -0.05) is 0 Å². The average molecular weight is 225 g/mol. The number of rotatable bonds is 3.